The number of nitrogens with one attached hydrogen (secondary N) is 2. The maximum Gasteiger partial charge on any atom is 0.326 e. The van der Waals surface area contributed by atoms with Crippen LogP contribution in [0.4, 0.5) is 0 Å². The molecule has 0 spiro atoms. The molecule has 1 amide bonds. The predicted octanol–water partition coefficient (Wildman–Crippen LogP) is -0.228. The molecule has 1 aromatic rings. The minimum absolute atomic E-state index is 0.0610. The smallest absolute Gasteiger partial charge is 0.326 e. The van der Waals surface area contributed by atoms with Crippen LogP contribution < -0.4 is 10.0 Å². The standard InChI is InChI=1S/C12H19N3O5S/c1-7(2)10(12(17)18)14-11(16)9-5-8(6-15(9)4)21(19,20)13-3/h5-7,10,13H,1-4H3,(H,14,16)(H,17,18). The summed E-state index contributed by atoms with van der Waals surface area (Å²) in [6.07, 6.45) is 1.28. The molecular weight excluding hydrogens is 298 g/mol. The highest BCUT2D eigenvalue weighted by atomic mass is 32.2. The molecule has 1 atom stereocenters. The molecule has 9 heteroatoms. The molecule has 1 rings (SSSR count). The van der Waals surface area contributed by atoms with Gasteiger partial charge in [0.15, 0.2) is 0 Å². The molecular formula is C12H19N3O5S. The number of hydrogen-bond donors (Lipinski definition) is 3. The monoisotopic (exact) mass is 317 g/mol. The van der Waals surface area contributed by atoms with Gasteiger partial charge < -0.3 is 15.0 Å². The van der Waals surface area contributed by atoms with Gasteiger partial charge in [0, 0.05) is 13.2 Å². The first-order chi connectivity index (χ1) is 9.60. The van der Waals surface area contributed by atoms with Crippen LogP contribution in [0, 0.1) is 5.92 Å². The van der Waals surface area contributed by atoms with E-state index >= 15 is 0 Å². The molecule has 21 heavy (non-hydrogen) atoms. The summed E-state index contributed by atoms with van der Waals surface area (Å²) in [7, 11) is -0.888. The number of amides is 1. The number of carbonyl (C=O) groups is 2. The fraction of sp³-hybridized carbons (Fsp3) is 0.500. The van der Waals surface area contributed by atoms with Gasteiger partial charge in [-0.15, -0.1) is 0 Å². The normalized spacial score (nSPS) is 13.2. The van der Waals surface area contributed by atoms with Gasteiger partial charge in [-0.2, -0.15) is 0 Å². The molecule has 0 aliphatic carbocycles. The summed E-state index contributed by atoms with van der Waals surface area (Å²) >= 11 is 0. The van der Waals surface area contributed by atoms with E-state index in [0.29, 0.717) is 0 Å². The molecule has 0 aliphatic rings. The van der Waals surface area contributed by atoms with Crippen molar-refractivity contribution in [1.29, 1.82) is 0 Å². The zero-order chi connectivity index (χ0) is 16.4. The average Bonchev–Trinajstić information content (AvgIpc) is 2.77. The Hall–Kier alpha value is -1.87. The lowest BCUT2D eigenvalue weighted by Crippen LogP contribution is -2.44. The van der Waals surface area contributed by atoms with E-state index in [0.717, 1.165) is 0 Å². The first-order valence-electron chi connectivity index (χ1n) is 6.23. The van der Waals surface area contributed by atoms with E-state index in [-0.39, 0.29) is 16.5 Å². The van der Waals surface area contributed by atoms with E-state index in [9.17, 15) is 18.0 Å². The summed E-state index contributed by atoms with van der Waals surface area (Å²) in [6, 6.07) is 0.150. The first kappa shape index (κ1) is 17.2. The molecule has 0 bridgehead atoms. The van der Waals surface area contributed by atoms with Gasteiger partial charge in [0.05, 0.1) is 0 Å². The third-order valence-electron chi connectivity index (χ3n) is 3.01. The molecule has 3 N–H and O–H groups in total. The third kappa shape index (κ3) is 3.82. The lowest BCUT2D eigenvalue weighted by Gasteiger charge is -2.17. The summed E-state index contributed by atoms with van der Waals surface area (Å²) in [5.74, 6) is -2.08. The highest BCUT2D eigenvalue weighted by Crippen LogP contribution is 2.14. The first-order valence-corrected chi connectivity index (χ1v) is 7.72. The summed E-state index contributed by atoms with van der Waals surface area (Å²) in [6.45, 7) is 3.34. The van der Waals surface area contributed by atoms with E-state index in [4.69, 9.17) is 5.11 Å². The Bertz CT molecular complexity index is 648. The summed E-state index contributed by atoms with van der Waals surface area (Å²) in [5, 5.41) is 11.4. The number of sulfonamides is 1. The Morgan fingerprint density at radius 3 is 2.33 bits per heavy atom. The van der Waals surface area contributed by atoms with Crippen LogP contribution in [0.25, 0.3) is 0 Å². The predicted molar refractivity (Wildman–Crippen MR) is 75.4 cm³/mol. The SMILES string of the molecule is CNS(=O)(=O)c1cc(C(=O)NC(C(=O)O)C(C)C)n(C)c1. The second-order valence-corrected chi connectivity index (χ2v) is 6.80. The van der Waals surface area contributed by atoms with Crippen LogP contribution in [0.5, 0.6) is 0 Å². The van der Waals surface area contributed by atoms with Crippen molar-refractivity contribution in [3.63, 3.8) is 0 Å². The van der Waals surface area contributed by atoms with Crippen molar-refractivity contribution < 1.29 is 23.1 Å². The van der Waals surface area contributed by atoms with E-state index in [2.05, 4.69) is 10.0 Å². The second-order valence-electron chi connectivity index (χ2n) is 4.91. The van der Waals surface area contributed by atoms with Crippen molar-refractivity contribution in [2.24, 2.45) is 13.0 Å². The molecule has 0 aliphatic heterocycles. The minimum Gasteiger partial charge on any atom is -0.480 e. The highest BCUT2D eigenvalue weighted by molar-refractivity contribution is 7.89. The summed E-state index contributed by atoms with van der Waals surface area (Å²) < 4.78 is 26.8. The zero-order valence-electron chi connectivity index (χ0n) is 12.2. The molecule has 0 radical (unpaired) electrons. The fourth-order valence-corrected chi connectivity index (χ4v) is 2.55. The maximum atomic E-state index is 12.1. The van der Waals surface area contributed by atoms with Crippen molar-refractivity contribution in [3.8, 4) is 0 Å². The summed E-state index contributed by atoms with van der Waals surface area (Å²) in [5.41, 5.74) is 0.0655. The maximum absolute atomic E-state index is 12.1. The molecule has 118 valence electrons. The van der Waals surface area contributed by atoms with Crippen LogP contribution in [0.3, 0.4) is 0 Å². The van der Waals surface area contributed by atoms with Gasteiger partial charge in [-0.3, -0.25) is 4.79 Å². The molecule has 8 nitrogen and oxygen atoms in total. The van der Waals surface area contributed by atoms with Gasteiger partial charge in [0.2, 0.25) is 10.0 Å². The van der Waals surface area contributed by atoms with Crippen LogP contribution in [0.2, 0.25) is 0 Å². The summed E-state index contributed by atoms with van der Waals surface area (Å²) in [4.78, 5) is 23.1. The van der Waals surface area contributed by atoms with Crippen LogP contribution in [-0.2, 0) is 21.9 Å². The molecule has 1 heterocycles. The van der Waals surface area contributed by atoms with Crippen molar-refractivity contribution in [2.45, 2.75) is 24.8 Å². The Kier molecular flexibility index (Phi) is 5.13. The quantitative estimate of drug-likeness (QED) is 0.670. The molecule has 0 saturated heterocycles. The second kappa shape index (κ2) is 6.27. The van der Waals surface area contributed by atoms with E-state index in [1.54, 1.807) is 13.8 Å². The number of aliphatic carboxylic acids is 1. The van der Waals surface area contributed by atoms with E-state index in [1.165, 1.54) is 30.9 Å². The van der Waals surface area contributed by atoms with Gasteiger partial charge in [0.25, 0.3) is 5.91 Å². The number of nitrogens with zero attached hydrogens (tertiary/aromatic N) is 1. The van der Waals surface area contributed by atoms with Gasteiger partial charge in [-0.25, -0.2) is 17.9 Å². The van der Waals surface area contributed by atoms with Crippen molar-refractivity contribution in [1.82, 2.24) is 14.6 Å². The van der Waals surface area contributed by atoms with E-state index < -0.39 is 27.9 Å². The van der Waals surface area contributed by atoms with Crippen LogP contribution in [0.1, 0.15) is 24.3 Å². The van der Waals surface area contributed by atoms with Crippen molar-refractivity contribution >= 4 is 21.9 Å². The van der Waals surface area contributed by atoms with Gasteiger partial charge in [0.1, 0.15) is 16.6 Å². The molecule has 0 fully saturated rings. The Labute approximate surface area is 123 Å². The highest BCUT2D eigenvalue weighted by Gasteiger charge is 2.26. The topological polar surface area (TPSA) is 118 Å². The largest absolute Gasteiger partial charge is 0.480 e. The van der Waals surface area contributed by atoms with Crippen LogP contribution in [0.15, 0.2) is 17.2 Å². The number of hydrogen-bond acceptors (Lipinski definition) is 4. The van der Waals surface area contributed by atoms with E-state index in [1.807, 2.05) is 0 Å². The van der Waals surface area contributed by atoms with Gasteiger partial charge in [-0.1, -0.05) is 13.8 Å². The minimum atomic E-state index is -3.66. The third-order valence-corrected chi connectivity index (χ3v) is 4.39. The van der Waals surface area contributed by atoms with Gasteiger partial charge >= 0.3 is 5.97 Å². The lowest BCUT2D eigenvalue weighted by molar-refractivity contribution is -0.140. The fourth-order valence-electron chi connectivity index (χ4n) is 1.75. The van der Waals surface area contributed by atoms with Crippen molar-refractivity contribution in [3.05, 3.63) is 18.0 Å². The molecule has 0 saturated carbocycles. The Morgan fingerprint density at radius 1 is 1.33 bits per heavy atom. The number of aryl methyl sites for hydroxylation is 1. The zero-order valence-corrected chi connectivity index (χ0v) is 13.1. The number of rotatable bonds is 6. The number of aromatic nitrogens is 1. The van der Waals surface area contributed by atoms with Crippen LogP contribution in [-0.4, -0.2) is 43.1 Å². The van der Waals surface area contributed by atoms with Gasteiger partial charge in [-0.05, 0) is 19.0 Å². The number of carboxylic acid groups (broad SMARTS) is 1. The Morgan fingerprint density at radius 2 is 1.90 bits per heavy atom. The number of carboxylic acids is 1. The molecule has 0 aromatic carbocycles. The Balaban J connectivity index is 3.07. The molecule has 1 unspecified atom stereocenters. The lowest BCUT2D eigenvalue weighted by atomic mass is 10.0. The molecule has 1 aromatic heterocycles. The van der Waals surface area contributed by atoms with Crippen molar-refractivity contribution in [2.75, 3.05) is 7.05 Å². The average molecular weight is 317 g/mol. The number of carbonyl (C=O) groups excluding carboxylic acids is 1. The van der Waals surface area contributed by atoms with Crippen LogP contribution >= 0.6 is 0 Å².